The Bertz CT molecular complexity index is 1360. The van der Waals surface area contributed by atoms with Crippen molar-refractivity contribution in [1.29, 1.82) is 0 Å². The number of nitrogens with zero attached hydrogens (tertiary/aromatic N) is 4. The highest BCUT2D eigenvalue weighted by Crippen LogP contribution is 2.27. The third-order valence-electron chi connectivity index (χ3n) is 5.06. The van der Waals surface area contributed by atoms with Crippen LogP contribution in [0.1, 0.15) is 19.8 Å². The number of carbonyl (C=O) groups excluding carboxylic acids is 1. The van der Waals surface area contributed by atoms with Crippen LogP contribution in [-0.4, -0.2) is 36.6 Å². The number of anilines is 1. The number of fused-ring (bicyclic) bond motifs is 3. The van der Waals surface area contributed by atoms with Crippen LogP contribution in [0.5, 0.6) is 0 Å². The summed E-state index contributed by atoms with van der Waals surface area (Å²) in [4.78, 5) is 26.8. The van der Waals surface area contributed by atoms with Crippen LogP contribution < -0.4 is 10.9 Å². The fraction of sp³-hybridized carbons (Fsp3) is 0.250. The zero-order chi connectivity index (χ0) is 23.2. The van der Waals surface area contributed by atoms with Crippen molar-refractivity contribution >= 4 is 51.8 Å². The third-order valence-corrected chi connectivity index (χ3v) is 7.06. The highest BCUT2D eigenvalue weighted by molar-refractivity contribution is 8.00. The number of unbranched alkanes of at least 4 members (excludes halogenated alkanes) is 1. The molecule has 0 aliphatic heterocycles. The number of rotatable bonds is 10. The zero-order valence-electron chi connectivity index (χ0n) is 18.4. The Kier molecular flexibility index (Phi) is 7.51. The largest absolute Gasteiger partial charge is 0.324 e. The Morgan fingerprint density at radius 3 is 2.73 bits per heavy atom. The molecule has 0 aliphatic rings. The van der Waals surface area contributed by atoms with Crippen molar-refractivity contribution in [3.05, 3.63) is 71.5 Å². The molecule has 4 aromatic rings. The van der Waals surface area contributed by atoms with Gasteiger partial charge in [-0.15, -0.1) is 28.5 Å². The second-order valence-electron chi connectivity index (χ2n) is 7.38. The molecular weight excluding hydrogens is 454 g/mol. The van der Waals surface area contributed by atoms with Crippen LogP contribution in [0.25, 0.3) is 16.7 Å². The van der Waals surface area contributed by atoms with Gasteiger partial charge in [0.2, 0.25) is 11.7 Å². The minimum atomic E-state index is -0.132. The summed E-state index contributed by atoms with van der Waals surface area (Å²) in [5, 5.41) is 12.8. The van der Waals surface area contributed by atoms with Gasteiger partial charge in [-0.1, -0.05) is 55.4 Å². The second kappa shape index (κ2) is 10.7. The molecule has 0 radical (unpaired) electrons. The molecule has 2 heterocycles. The van der Waals surface area contributed by atoms with E-state index in [1.54, 1.807) is 16.3 Å². The molecule has 9 heteroatoms. The second-order valence-corrected chi connectivity index (χ2v) is 9.38. The van der Waals surface area contributed by atoms with Crippen molar-refractivity contribution in [1.82, 2.24) is 19.2 Å². The van der Waals surface area contributed by atoms with E-state index in [4.69, 9.17) is 0 Å². The number of nitrogens with one attached hydrogen (secondary N) is 1. The molecule has 2 aromatic heterocycles. The van der Waals surface area contributed by atoms with Gasteiger partial charge in [0.15, 0.2) is 5.16 Å². The fourth-order valence-electron chi connectivity index (χ4n) is 3.51. The van der Waals surface area contributed by atoms with Gasteiger partial charge in [-0.2, -0.15) is 0 Å². The number of aromatic nitrogens is 4. The lowest BCUT2D eigenvalue weighted by molar-refractivity contribution is -0.113. The van der Waals surface area contributed by atoms with E-state index in [1.807, 2.05) is 59.0 Å². The number of benzene rings is 2. The third kappa shape index (κ3) is 4.99. The number of aryl methyl sites for hydroxylation is 1. The van der Waals surface area contributed by atoms with E-state index in [1.165, 1.54) is 11.8 Å². The lowest BCUT2D eigenvalue weighted by Crippen LogP contribution is -2.23. The molecule has 0 saturated carbocycles. The summed E-state index contributed by atoms with van der Waals surface area (Å²) in [6.07, 6.45) is 3.67. The first-order chi connectivity index (χ1) is 16.1. The first-order valence-corrected chi connectivity index (χ1v) is 12.7. The van der Waals surface area contributed by atoms with Gasteiger partial charge >= 0.3 is 0 Å². The van der Waals surface area contributed by atoms with Crippen LogP contribution in [0.15, 0.2) is 76.0 Å². The van der Waals surface area contributed by atoms with E-state index in [9.17, 15) is 9.59 Å². The van der Waals surface area contributed by atoms with Crippen molar-refractivity contribution in [3.63, 3.8) is 0 Å². The molecule has 1 amide bonds. The summed E-state index contributed by atoms with van der Waals surface area (Å²) in [5.74, 6) is 1.30. The summed E-state index contributed by atoms with van der Waals surface area (Å²) in [5.41, 5.74) is 1.45. The Morgan fingerprint density at radius 2 is 1.91 bits per heavy atom. The van der Waals surface area contributed by atoms with Gasteiger partial charge in [0.1, 0.15) is 0 Å². The maximum absolute atomic E-state index is 13.0. The Labute approximate surface area is 200 Å². The van der Waals surface area contributed by atoms with Crippen LogP contribution in [0, 0.1) is 0 Å². The van der Waals surface area contributed by atoms with E-state index < -0.39 is 0 Å². The number of hydrogen-bond donors (Lipinski definition) is 1. The molecule has 170 valence electrons. The van der Waals surface area contributed by atoms with Crippen LogP contribution in [0.3, 0.4) is 0 Å². The van der Waals surface area contributed by atoms with E-state index in [2.05, 4.69) is 29.0 Å². The van der Waals surface area contributed by atoms with Gasteiger partial charge in [0.25, 0.3) is 5.56 Å². The van der Waals surface area contributed by atoms with Crippen LogP contribution in [0.2, 0.25) is 0 Å². The van der Waals surface area contributed by atoms with Crippen LogP contribution in [0.4, 0.5) is 5.69 Å². The average molecular weight is 480 g/mol. The van der Waals surface area contributed by atoms with Crippen molar-refractivity contribution < 1.29 is 4.79 Å². The quantitative estimate of drug-likeness (QED) is 0.259. The predicted molar refractivity (Wildman–Crippen MR) is 136 cm³/mol. The van der Waals surface area contributed by atoms with Crippen molar-refractivity contribution in [2.24, 2.45) is 0 Å². The summed E-state index contributed by atoms with van der Waals surface area (Å²) < 4.78 is 3.55. The normalized spacial score (nSPS) is 11.2. The van der Waals surface area contributed by atoms with Crippen LogP contribution in [-0.2, 0) is 11.3 Å². The average Bonchev–Trinajstić information content (AvgIpc) is 3.26. The Balaban J connectivity index is 1.60. The molecule has 0 aliphatic carbocycles. The van der Waals surface area contributed by atoms with E-state index in [0.29, 0.717) is 22.9 Å². The number of thioether (sulfide) groups is 2. The van der Waals surface area contributed by atoms with Crippen molar-refractivity contribution in [2.45, 2.75) is 36.4 Å². The predicted octanol–water partition coefficient (Wildman–Crippen LogP) is 4.85. The molecule has 1 N–H and O–H groups in total. The molecule has 4 rings (SSSR count). The SMILES string of the molecule is C=CCSc1ccccc1NC(=O)CSc1nnc2n(CCCC)c(=O)c3ccccc3n12. The zero-order valence-corrected chi connectivity index (χ0v) is 20.0. The summed E-state index contributed by atoms with van der Waals surface area (Å²) >= 11 is 2.92. The van der Waals surface area contributed by atoms with Crippen molar-refractivity contribution in [2.75, 3.05) is 16.8 Å². The van der Waals surface area contributed by atoms with Crippen molar-refractivity contribution in [3.8, 4) is 0 Å². The van der Waals surface area contributed by atoms with E-state index in [-0.39, 0.29) is 17.2 Å². The lowest BCUT2D eigenvalue weighted by Gasteiger charge is -2.11. The van der Waals surface area contributed by atoms with Gasteiger partial charge in [0, 0.05) is 17.2 Å². The molecular formula is C24H25N5O2S2. The summed E-state index contributed by atoms with van der Waals surface area (Å²) in [6.45, 7) is 6.41. The first-order valence-electron chi connectivity index (χ1n) is 10.8. The maximum atomic E-state index is 13.0. The van der Waals surface area contributed by atoms with E-state index in [0.717, 1.165) is 34.7 Å². The fourth-order valence-corrected chi connectivity index (χ4v) is 4.99. The lowest BCUT2D eigenvalue weighted by atomic mass is 10.2. The first kappa shape index (κ1) is 23.1. The minimum Gasteiger partial charge on any atom is -0.324 e. The number of hydrogen-bond acceptors (Lipinski definition) is 6. The molecule has 0 bridgehead atoms. The van der Waals surface area contributed by atoms with Gasteiger partial charge in [-0.3, -0.25) is 18.6 Å². The Morgan fingerprint density at radius 1 is 1.12 bits per heavy atom. The molecule has 0 atom stereocenters. The van der Waals surface area contributed by atoms with Crippen LogP contribution >= 0.6 is 23.5 Å². The molecule has 0 saturated heterocycles. The topological polar surface area (TPSA) is 81.3 Å². The van der Waals surface area contributed by atoms with Gasteiger partial charge < -0.3 is 5.32 Å². The highest BCUT2D eigenvalue weighted by atomic mass is 32.2. The molecule has 0 unspecified atom stereocenters. The maximum Gasteiger partial charge on any atom is 0.262 e. The standard InChI is InChI=1S/C24H25N5O2S2/c1-3-5-14-28-22(31)17-10-6-8-12-19(17)29-23(28)26-27-24(29)33-16-21(30)25-18-11-7-9-13-20(18)32-15-4-2/h4,6-13H,2-3,5,14-16H2,1H3,(H,25,30). The molecule has 7 nitrogen and oxygen atoms in total. The molecule has 2 aromatic carbocycles. The summed E-state index contributed by atoms with van der Waals surface area (Å²) in [6, 6.07) is 15.1. The van der Waals surface area contributed by atoms with E-state index >= 15 is 0 Å². The minimum absolute atomic E-state index is 0.0677. The van der Waals surface area contributed by atoms with Gasteiger partial charge in [-0.05, 0) is 30.7 Å². The number of para-hydroxylation sites is 2. The molecule has 33 heavy (non-hydrogen) atoms. The Hall–Kier alpha value is -3.04. The monoisotopic (exact) mass is 479 g/mol. The van der Waals surface area contributed by atoms with Gasteiger partial charge in [-0.25, -0.2) is 0 Å². The highest BCUT2D eigenvalue weighted by Gasteiger charge is 2.17. The van der Waals surface area contributed by atoms with Gasteiger partial charge in [0.05, 0.1) is 22.3 Å². The molecule has 0 spiro atoms. The summed E-state index contributed by atoms with van der Waals surface area (Å²) in [7, 11) is 0. The number of carbonyl (C=O) groups is 1. The smallest absolute Gasteiger partial charge is 0.262 e. The molecule has 0 fully saturated rings. The number of amides is 1.